The molecule has 0 aromatic heterocycles. The Morgan fingerprint density at radius 2 is 1.86 bits per heavy atom. The molecule has 0 amide bonds. The minimum Gasteiger partial charge on any atom is -0.399 e. The van der Waals surface area contributed by atoms with Crippen LogP contribution in [-0.4, -0.2) is 16.3 Å². The first-order valence-corrected chi connectivity index (χ1v) is 4.23. The Morgan fingerprint density at radius 1 is 1.29 bits per heavy atom. The lowest BCUT2D eigenvalue weighted by atomic mass is 10.0. The number of nitrogens with two attached hydrogens (primary N) is 1. The number of hydrogen-bond acceptors (Lipinski definition) is 4. The molecule has 1 aromatic carbocycles. The maximum absolute atomic E-state index is 9.57. The molecule has 14 heavy (non-hydrogen) atoms. The Bertz CT molecular complexity index is 329. The maximum Gasteiger partial charge on any atom is 0.106 e. The van der Waals surface area contributed by atoms with E-state index in [1.54, 1.807) is 30.3 Å². The summed E-state index contributed by atoms with van der Waals surface area (Å²) >= 11 is 0. The molecule has 0 spiro atoms. The van der Waals surface area contributed by atoms with Crippen molar-refractivity contribution in [2.75, 3.05) is 5.73 Å². The zero-order chi connectivity index (χ0) is 10.6. The van der Waals surface area contributed by atoms with Gasteiger partial charge in [-0.1, -0.05) is 12.1 Å². The maximum atomic E-state index is 9.57. The fourth-order valence-electron chi connectivity index (χ4n) is 1.12. The van der Waals surface area contributed by atoms with Crippen LogP contribution < -0.4 is 5.73 Å². The van der Waals surface area contributed by atoms with E-state index < -0.39 is 12.2 Å². The third kappa shape index (κ3) is 2.46. The highest BCUT2D eigenvalue weighted by Gasteiger charge is 2.17. The molecule has 0 bridgehead atoms. The second-order valence-electron chi connectivity index (χ2n) is 3.04. The monoisotopic (exact) mass is 192 g/mol. The summed E-state index contributed by atoms with van der Waals surface area (Å²) in [6, 6.07) is 8.32. The van der Waals surface area contributed by atoms with Crippen molar-refractivity contribution in [3.63, 3.8) is 0 Å². The molecule has 1 rings (SSSR count). The molecule has 0 heterocycles. The van der Waals surface area contributed by atoms with E-state index in [2.05, 4.69) is 0 Å². The van der Waals surface area contributed by atoms with E-state index in [0.29, 0.717) is 11.3 Å². The van der Waals surface area contributed by atoms with Gasteiger partial charge in [0.2, 0.25) is 0 Å². The van der Waals surface area contributed by atoms with Gasteiger partial charge in [0.25, 0.3) is 0 Å². The minimum absolute atomic E-state index is 0.0917. The largest absolute Gasteiger partial charge is 0.399 e. The van der Waals surface area contributed by atoms with Gasteiger partial charge in [-0.15, -0.1) is 0 Å². The SMILES string of the molecule is N#CCC(O)C(O)c1ccc(N)cc1. The van der Waals surface area contributed by atoms with Crippen molar-refractivity contribution in [1.82, 2.24) is 0 Å². The van der Waals surface area contributed by atoms with E-state index in [1.807, 2.05) is 0 Å². The highest BCUT2D eigenvalue weighted by molar-refractivity contribution is 5.40. The fraction of sp³-hybridized carbons (Fsp3) is 0.300. The number of aliphatic hydroxyl groups excluding tert-OH is 2. The zero-order valence-corrected chi connectivity index (χ0v) is 7.59. The molecule has 0 saturated heterocycles. The average molecular weight is 192 g/mol. The van der Waals surface area contributed by atoms with Gasteiger partial charge in [0.05, 0.1) is 18.6 Å². The molecule has 0 aliphatic rings. The van der Waals surface area contributed by atoms with Gasteiger partial charge in [-0.25, -0.2) is 0 Å². The van der Waals surface area contributed by atoms with Crippen LogP contribution in [0.15, 0.2) is 24.3 Å². The fourth-order valence-corrected chi connectivity index (χ4v) is 1.12. The van der Waals surface area contributed by atoms with Crippen molar-refractivity contribution in [3.8, 4) is 6.07 Å². The summed E-state index contributed by atoms with van der Waals surface area (Å²) in [6.45, 7) is 0. The van der Waals surface area contributed by atoms with Crippen molar-refractivity contribution >= 4 is 5.69 Å². The molecule has 4 heteroatoms. The van der Waals surface area contributed by atoms with Gasteiger partial charge in [-0.2, -0.15) is 5.26 Å². The van der Waals surface area contributed by atoms with Crippen molar-refractivity contribution in [2.45, 2.75) is 18.6 Å². The first-order valence-electron chi connectivity index (χ1n) is 4.23. The summed E-state index contributed by atoms with van der Waals surface area (Å²) in [5.74, 6) is 0. The molecule has 1 aromatic rings. The topological polar surface area (TPSA) is 90.3 Å². The lowest BCUT2D eigenvalue weighted by Gasteiger charge is -2.15. The zero-order valence-electron chi connectivity index (χ0n) is 7.59. The summed E-state index contributed by atoms with van der Waals surface area (Å²) < 4.78 is 0. The van der Waals surface area contributed by atoms with Crippen molar-refractivity contribution in [2.24, 2.45) is 0 Å². The number of nitrogens with zero attached hydrogens (tertiary/aromatic N) is 1. The van der Waals surface area contributed by atoms with Gasteiger partial charge in [-0.3, -0.25) is 0 Å². The average Bonchev–Trinajstić information content (AvgIpc) is 2.18. The highest BCUT2D eigenvalue weighted by Crippen LogP contribution is 2.19. The van der Waals surface area contributed by atoms with E-state index in [9.17, 15) is 10.2 Å². The highest BCUT2D eigenvalue weighted by atomic mass is 16.3. The van der Waals surface area contributed by atoms with Crippen molar-refractivity contribution in [3.05, 3.63) is 29.8 Å². The van der Waals surface area contributed by atoms with Crippen LogP contribution in [0.25, 0.3) is 0 Å². The van der Waals surface area contributed by atoms with Gasteiger partial charge >= 0.3 is 0 Å². The van der Waals surface area contributed by atoms with Crippen LogP contribution in [0.5, 0.6) is 0 Å². The molecule has 4 N–H and O–H groups in total. The third-order valence-corrected chi connectivity index (χ3v) is 1.94. The van der Waals surface area contributed by atoms with Crippen molar-refractivity contribution < 1.29 is 10.2 Å². The van der Waals surface area contributed by atoms with Gasteiger partial charge in [0, 0.05) is 5.69 Å². The molecular weight excluding hydrogens is 180 g/mol. The number of nitriles is 1. The lowest BCUT2D eigenvalue weighted by Crippen LogP contribution is -2.17. The first-order chi connectivity index (χ1) is 6.65. The molecule has 0 aliphatic carbocycles. The molecule has 0 radical (unpaired) electrons. The predicted molar refractivity (Wildman–Crippen MR) is 52.1 cm³/mol. The molecule has 2 atom stereocenters. The molecule has 0 aliphatic heterocycles. The van der Waals surface area contributed by atoms with Crippen molar-refractivity contribution in [1.29, 1.82) is 5.26 Å². The second-order valence-corrected chi connectivity index (χ2v) is 3.04. The summed E-state index contributed by atoms with van der Waals surface area (Å²) in [4.78, 5) is 0. The Kier molecular flexibility index (Phi) is 3.46. The molecule has 74 valence electrons. The van der Waals surface area contributed by atoms with Crippen LogP contribution in [0.3, 0.4) is 0 Å². The Labute approximate surface area is 82.2 Å². The normalized spacial score (nSPS) is 14.4. The van der Waals surface area contributed by atoms with E-state index in [4.69, 9.17) is 11.0 Å². The van der Waals surface area contributed by atoms with E-state index in [-0.39, 0.29) is 6.42 Å². The van der Waals surface area contributed by atoms with Crippen LogP contribution >= 0.6 is 0 Å². The second kappa shape index (κ2) is 4.61. The van der Waals surface area contributed by atoms with Crippen LogP contribution in [0.2, 0.25) is 0 Å². The van der Waals surface area contributed by atoms with Crippen LogP contribution in [0, 0.1) is 11.3 Å². The molecule has 0 saturated carbocycles. The number of anilines is 1. The smallest absolute Gasteiger partial charge is 0.106 e. The van der Waals surface area contributed by atoms with E-state index in [1.165, 1.54) is 0 Å². The standard InChI is InChI=1S/C10H12N2O2/c11-6-5-9(13)10(14)7-1-3-8(12)4-2-7/h1-4,9-10,13-14H,5,12H2. The Morgan fingerprint density at radius 3 is 2.36 bits per heavy atom. The molecular formula is C10H12N2O2. The third-order valence-electron chi connectivity index (χ3n) is 1.94. The van der Waals surface area contributed by atoms with E-state index >= 15 is 0 Å². The van der Waals surface area contributed by atoms with Crippen LogP contribution in [0.1, 0.15) is 18.1 Å². The summed E-state index contributed by atoms with van der Waals surface area (Å²) in [6.07, 6.45) is -2.18. The molecule has 2 unspecified atom stereocenters. The minimum atomic E-state index is -1.05. The summed E-state index contributed by atoms with van der Waals surface area (Å²) in [5.41, 5.74) is 6.62. The van der Waals surface area contributed by atoms with Gasteiger partial charge in [0.1, 0.15) is 6.10 Å². The number of hydrogen-bond donors (Lipinski definition) is 3. The quantitative estimate of drug-likeness (QED) is 0.611. The molecule has 4 nitrogen and oxygen atoms in total. The summed E-state index contributed by atoms with van der Waals surface area (Å²) in [5, 5.41) is 27.2. The Balaban J connectivity index is 2.74. The van der Waals surface area contributed by atoms with Gasteiger partial charge in [0.15, 0.2) is 0 Å². The molecule has 0 fully saturated rings. The number of aliphatic hydroxyl groups is 2. The number of benzene rings is 1. The van der Waals surface area contributed by atoms with Gasteiger partial charge in [-0.05, 0) is 17.7 Å². The number of rotatable bonds is 3. The Hall–Kier alpha value is -1.57. The number of nitrogen functional groups attached to an aromatic ring is 1. The van der Waals surface area contributed by atoms with E-state index in [0.717, 1.165) is 0 Å². The van der Waals surface area contributed by atoms with Crippen LogP contribution in [-0.2, 0) is 0 Å². The lowest BCUT2D eigenvalue weighted by molar-refractivity contribution is 0.0216. The predicted octanol–water partition coefficient (Wildman–Crippen LogP) is 0.577. The first kappa shape index (κ1) is 10.5. The summed E-state index contributed by atoms with van der Waals surface area (Å²) in [7, 11) is 0. The van der Waals surface area contributed by atoms with Crippen LogP contribution in [0.4, 0.5) is 5.69 Å². The van der Waals surface area contributed by atoms with Gasteiger partial charge < -0.3 is 15.9 Å².